The van der Waals surface area contributed by atoms with Crippen LogP contribution in [0, 0.1) is 12.8 Å². The molecule has 3 heterocycles. The van der Waals surface area contributed by atoms with Gasteiger partial charge in [0.1, 0.15) is 0 Å². The first-order valence-electron chi connectivity index (χ1n) is 10.1. The van der Waals surface area contributed by atoms with Gasteiger partial charge >= 0.3 is 6.03 Å². The minimum atomic E-state index is -0.112. The van der Waals surface area contributed by atoms with Crippen molar-refractivity contribution in [2.75, 3.05) is 25.0 Å². The lowest BCUT2D eigenvalue weighted by molar-refractivity contribution is -0.137. The molecule has 148 valence electrons. The molecular formula is C22H27N3O2S. The monoisotopic (exact) mass is 397 g/mol. The van der Waals surface area contributed by atoms with Crippen LogP contribution in [-0.4, -0.2) is 41.4 Å². The van der Waals surface area contributed by atoms with Gasteiger partial charge in [-0.25, -0.2) is 4.79 Å². The molecule has 1 aromatic carbocycles. The van der Waals surface area contributed by atoms with Crippen LogP contribution >= 0.6 is 11.3 Å². The highest BCUT2D eigenvalue weighted by Gasteiger charge is 2.36. The van der Waals surface area contributed by atoms with E-state index in [-0.39, 0.29) is 23.9 Å². The standard InChI is InChI=1S/C22H27N3O2S/c1-16-5-2-7-19(13-16)23-22(27)24-10-3-6-17(14-24)21(26)25-11-4-8-20(25)18-9-12-28-15-18/h2,5,7,9,12-13,15,17,20H,3-4,6,8,10-11,14H2,1H3,(H,23,27). The van der Waals surface area contributed by atoms with Gasteiger partial charge in [0, 0.05) is 25.3 Å². The summed E-state index contributed by atoms with van der Waals surface area (Å²) >= 11 is 1.68. The van der Waals surface area contributed by atoms with E-state index in [1.807, 2.05) is 31.2 Å². The zero-order chi connectivity index (χ0) is 19.5. The molecule has 2 saturated heterocycles. The number of hydrogen-bond donors (Lipinski definition) is 1. The smallest absolute Gasteiger partial charge is 0.321 e. The van der Waals surface area contributed by atoms with E-state index in [9.17, 15) is 9.59 Å². The van der Waals surface area contributed by atoms with Crippen LogP contribution in [0.2, 0.25) is 0 Å². The summed E-state index contributed by atoms with van der Waals surface area (Å²) in [5.41, 5.74) is 3.16. The first-order valence-corrected chi connectivity index (χ1v) is 11.0. The number of piperidine rings is 1. The summed E-state index contributed by atoms with van der Waals surface area (Å²) in [6.07, 6.45) is 3.82. The van der Waals surface area contributed by atoms with Gasteiger partial charge < -0.3 is 15.1 Å². The van der Waals surface area contributed by atoms with E-state index in [2.05, 4.69) is 27.0 Å². The van der Waals surface area contributed by atoms with E-state index >= 15 is 0 Å². The SMILES string of the molecule is Cc1cccc(NC(=O)N2CCCC(C(=O)N3CCCC3c3ccsc3)C2)c1. The molecule has 2 atom stereocenters. The highest BCUT2D eigenvalue weighted by Crippen LogP contribution is 2.35. The third-order valence-electron chi connectivity index (χ3n) is 5.79. The quantitative estimate of drug-likeness (QED) is 0.819. The lowest BCUT2D eigenvalue weighted by atomic mass is 9.96. The van der Waals surface area contributed by atoms with Crippen molar-refractivity contribution in [2.24, 2.45) is 5.92 Å². The van der Waals surface area contributed by atoms with E-state index in [0.717, 1.165) is 43.5 Å². The second-order valence-electron chi connectivity index (χ2n) is 7.83. The molecule has 4 rings (SSSR count). The van der Waals surface area contributed by atoms with Crippen LogP contribution in [0.3, 0.4) is 0 Å². The van der Waals surface area contributed by atoms with Crippen molar-refractivity contribution in [3.8, 4) is 0 Å². The normalized spacial score (nSPS) is 22.3. The Bertz CT molecular complexity index is 836. The van der Waals surface area contributed by atoms with Crippen molar-refractivity contribution in [1.29, 1.82) is 0 Å². The average molecular weight is 398 g/mol. The molecule has 0 aliphatic carbocycles. The molecule has 0 bridgehead atoms. The molecule has 3 amide bonds. The number of nitrogens with one attached hydrogen (secondary N) is 1. The summed E-state index contributed by atoms with van der Waals surface area (Å²) in [6, 6.07) is 10.0. The number of rotatable bonds is 3. The number of nitrogens with zero attached hydrogens (tertiary/aromatic N) is 2. The topological polar surface area (TPSA) is 52.7 Å². The van der Waals surface area contributed by atoms with Crippen molar-refractivity contribution in [2.45, 2.75) is 38.6 Å². The molecular weight excluding hydrogens is 370 g/mol. The largest absolute Gasteiger partial charge is 0.335 e. The molecule has 0 saturated carbocycles. The summed E-state index contributed by atoms with van der Waals surface area (Å²) in [7, 11) is 0. The zero-order valence-electron chi connectivity index (χ0n) is 16.3. The Kier molecular flexibility index (Phi) is 5.67. The van der Waals surface area contributed by atoms with Crippen LogP contribution in [0.5, 0.6) is 0 Å². The predicted octanol–water partition coefficient (Wildman–Crippen LogP) is 4.66. The summed E-state index contributed by atoms with van der Waals surface area (Å²) in [4.78, 5) is 29.8. The molecule has 0 spiro atoms. The van der Waals surface area contributed by atoms with Gasteiger partial charge in [0.25, 0.3) is 0 Å². The summed E-state index contributed by atoms with van der Waals surface area (Å²) < 4.78 is 0. The van der Waals surface area contributed by atoms with Gasteiger partial charge in [-0.15, -0.1) is 0 Å². The Morgan fingerprint density at radius 3 is 2.79 bits per heavy atom. The highest BCUT2D eigenvalue weighted by molar-refractivity contribution is 7.08. The number of likely N-dealkylation sites (tertiary alicyclic amines) is 2. The molecule has 6 heteroatoms. The molecule has 1 aromatic heterocycles. The molecule has 28 heavy (non-hydrogen) atoms. The Morgan fingerprint density at radius 2 is 2.00 bits per heavy atom. The number of amides is 3. The maximum absolute atomic E-state index is 13.2. The maximum atomic E-state index is 13.2. The minimum absolute atomic E-state index is 0.101. The predicted molar refractivity (Wildman–Crippen MR) is 113 cm³/mol. The Hall–Kier alpha value is -2.34. The number of carbonyl (C=O) groups excluding carboxylic acids is 2. The number of hydrogen-bond acceptors (Lipinski definition) is 3. The lowest BCUT2D eigenvalue weighted by Gasteiger charge is -2.35. The van der Waals surface area contributed by atoms with Crippen molar-refractivity contribution < 1.29 is 9.59 Å². The fourth-order valence-corrected chi connectivity index (χ4v) is 5.07. The van der Waals surface area contributed by atoms with Gasteiger partial charge in [-0.3, -0.25) is 4.79 Å². The molecule has 2 aliphatic rings. The van der Waals surface area contributed by atoms with Crippen LogP contribution in [-0.2, 0) is 4.79 Å². The van der Waals surface area contributed by atoms with E-state index in [1.165, 1.54) is 5.56 Å². The van der Waals surface area contributed by atoms with Crippen LogP contribution in [0.25, 0.3) is 0 Å². The lowest BCUT2D eigenvalue weighted by Crippen LogP contribution is -2.47. The third-order valence-corrected chi connectivity index (χ3v) is 6.49. The van der Waals surface area contributed by atoms with Crippen molar-refractivity contribution in [3.63, 3.8) is 0 Å². The van der Waals surface area contributed by atoms with Gasteiger partial charge in [-0.1, -0.05) is 12.1 Å². The molecule has 5 nitrogen and oxygen atoms in total. The number of benzene rings is 1. The van der Waals surface area contributed by atoms with E-state index in [0.29, 0.717) is 13.1 Å². The second-order valence-corrected chi connectivity index (χ2v) is 8.61. The molecule has 2 aromatic rings. The Balaban J connectivity index is 1.40. The second kappa shape index (κ2) is 8.35. The van der Waals surface area contributed by atoms with Crippen molar-refractivity contribution in [1.82, 2.24) is 9.80 Å². The molecule has 1 N–H and O–H groups in total. The van der Waals surface area contributed by atoms with Crippen molar-refractivity contribution >= 4 is 29.0 Å². The third kappa shape index (κ3) is 4.07. The van der Waals surface area contributed by atoms with Crippen LogP contribution in [0.1, 0.15) is 42.9 Å². The number of carbonyl (C=O) groups is 2. The number of anilines is 1. The van der Waals surface area contributed by atoms with E-state index in [4.69, 9.17) is 0 Å². The number of urea groups is 1. The number of aryl methyl sites for hydroxylation is 1. The zero-order valence-corrected chi connectivity index (χ0v) is 17.1. The van der Waals surface area contributed by atoms with Gasteiger partial charge in [0.15, 0.2) is 0 Å². The van der Waals surface area contributed by atoms with E-state index in [1.54, 1.807) is 16.2 Å². The first kappa shape index (κ1) is 19.0. The molecule has 2 unspecified atom stereocenters. The minimum Gasteiger partial charge on any atom is -0.335 e. The summed E-state index contributed by atoms with van der Waals surface area (Å²) in [5.74, 6) is 0.109. The van der Waals surface area contributed by atoms with Gasteiger partial charge in [0.2, 0.25) is 5.91 Å². The van der Waals surface area contributed by atoms with Gasteiger partial charge in [-0.05, 0) is 72.7 Å². The average Bonchev–Trinajstić information content (AvgIpc) is 3.39. The van der Waals surface area contributed by atoms with Crippen LogP contribution in [0.15, 0.2) is 41.1 Å². The fourth-order valence-electron chi connectivity index (χ4n) is 4.36. The maximum Gasteiger partial charge on any atom is 0.321 e. The summed E-state index contributed by atoms with van der Waals surface area (Å²) in [5, 5.41) is 7.21. The van der Waals surface area contributed by atoms with Crippen molar-refractivity contribution in [3.05, 3.63) is 52.2 Å². The van der Waals surface area contributed by atoms with Crippen LogP contribution < -0.4 is 5.32 Å². The summed E-state index contributed by atoms with van der Waals surface area (Å²) in [6.45, 7) is 4.04. The highest BCUT2D eigenvalue weighted by atomic mass is 32.1. The first-order chi connectivity index (χ1) is 13.6. The van der Waals surface area contributed by atoms with Crippen LogP contribution in [0.4, 0.5) is 10.5 Å². The Morgan fingerprint density at radius 1 is 1.14 bits per heavy atom. The molecule has 0 radical (unpaired) electrons. The number of thiophene rings is 1. The fraction of sp³-hybridized carbons (Fsp3) is 0.455. The Labute approximate surface area is 170 Å². The molecule has 2 fully saturated rings. The van der Waals surface area contributed by atoms with Gasteiger partial charge in [-0.2, -0.15) is 11.3 Å². The van der Waals surface area contributed by atoms with E-state index < -0.39 is 0 Å². The molecule has 2 aliphatic heterocycles. The van der Waals surface area contributed by atoms with Gasteiger partial charge in [0.05, 0.1) is 12.0 Å².